The van der Waals surface area contributed by atoms with Gasteiger partial charge >= 0.3 is 61.6 Å². The van der Waals surface area contributed by atoms with E-state index in [1.54, 1.807) is 0 Å². The molecule has 2 radical (unpaired) electrons. The maximum atomic E-state index is 10.6. The summed E-state index contributed by atoms with van der Waals surface area (Å²) in [5.74, 6) is -5.43. The number of ether oxygens (including phenoxy) is 2. The van der Waals surface area contributed by atoms with Crippen molar-refractivity contribution in [1.29, 1.82) is 0 Å². The average Bonchev–Trinajstić information content (AvgIpc) is 2.09. The van der Waals surface area contributed by atoms with Gasteiger partial charge in [-0.1, -0.05) is 0 Å². The Morgan fingerprint density at radius 2 is 0.909 bits per heavy atom. The Labute approximate surface area is 192 Å². The van der Waals surface area contributed by atoms with Gasteiger partial charge in [0.1, 0.15) is 0 Å². The molecule has 0 aromatic heterocycles. The Morgan fingerprint density at radius 3 is 1.00 bits per heavy atom. The number of rotatable bonds is 5. The Morgan fingerprint density at radius 1 is 0.727 bits per heavy atom. The van der Waals surface area contributed by atoms with Crippen LogP contribution in [0.15, 0.2) is 0 Å². The second kappa shape index (κ2) is 22.1. The predicted molar refractivity (Wildman–Crippen MR) is 60.7 cm³/mol. The van der Waals surface area contributed by atoms with Crippen molar-refractivity contribution < 1.29 is 106 Å². The number of carbonyl (C=O) groups excluding carboxylic acids is 2. The van der Waals surface area contributed by atoms with Crippen molar-refractivity contribution in [2.24, 2.45) is 0 Å². The van der Waals surface area contributed by atoms with Crippen LogP contribution in [-0.2, 0) is 95.8 Å². The predicted octanol–water partition coefficient (Wildman–Crippen LogP) is -2.29. The van der Waals surface area contributed by atoms with E-state index in [2.05, 4.69) is 9.47 Å². The number of carbonyl (C=O) groups is 4. The second-order valence-corrected chi connectivity index (χ2v) is 2.74. The summed E-state index contributed by atoms with van der Waals surface area (Å²) in [6.07, 6.45) is -4.14. The monoisotopic (exact) mass is 476 g/mol. The van der Waals surface area contributed by atoms with Gasteiger partial charge < -0.3 is 19.7 Å². The summed E-state index contributed by atoms with van der Waals surface area (Å²) in [4.78, 5) is 42.4. The van der Waals surface area contributed by atoms with Crippen molar-refractivity contribution in [3.8, 4) is 0 Å². The molecule has 0 spiro atoms. The van der Waals surface area contributed by atoms with E-state index in [4.69, 9.17) is 10.2 Å². The van der Waals surface area contributed by atoms with Crippen molar-refractivity contribution in [1.82, 2.24) is 0 Å². The van der Waals surface area contributed by atoms with E-state index in [-0.39, 0.29) is 105 Å². The standard InChI is InChI=1S/C8H10O8.2Li.2Mn.2Ni.2H/c1-3(9)15-5(7(11)12)6(8(13)14)16-4(2)10;;;;;;;;/h5-6H,1-2H3,(H,11,12)(H,13,14);;;;;;;;. The van der Waals surface area contributed by atoms with Crippen molar-refractivity contribution in [2.45, 2.75) is 26.1 Å². The van der Waals surface area contributed by atoms with E-state index >= 15 is 0 Å². The van der Waals surface area contributed by atoms with Crippen LogP contribution in [0.5, 0.6) is 0 Å². The van der Waals surface area contributed by atoms with Crippen LogP contribution in [0.3, 0.4) is 0 Å². The second-order valence-electron chi connectivity index (χ2n) is 2.74. The average molecular weight is 477 g/mol. The number of carboxylic acids is 2. The summed E-state index contributed by atoms with van der Waals surface area (Å²) in [6, 6.07) is 0. The van der Waals surface area contributed by atoms with Crippen LogP contribution < -0.4 is 0 Å². The molecule has 8 nitrogen and oxygen atoms in total. The van der Waals surface area contributed by atoms with Crippen LogP contribution in [0.2, 0.25) is 0 Å². The molecule has 0 heterocycles. The van der Waals surface area contributed by atoms with Crippen molar-refractivity contribution in [3.05, 3.63) is 0 Å². The van der Waals surface area contributed by atoms with Crippen LogP contribution >= 0.6 is 0 Å². The maximum absolute atomic E-state index is 10.6. The zero-order valence-electron chi connectivity index (χ0n) is 9.89. The summed E-state index contributed by atoms with van der Waals surface area (Å²) < 4.78 is 8.48. The van der Waals surface area contributed by atoms with Gasteiger partial charge in [-0.05, 0) is 0 Å². The van der Waals surface area contributed by atoms with Gasteiger partial charge in [0, 0.05) is 81.0 Å². The molecular weight excluding hydrogens is 465 g/mol. The molecule has 0 aliphatic heterocycles. The van der Waals surface area contributed by atoms with Crippen LogP contribution in [0.4, 0.5) is 0 Å². The minimum atomic E-state index is -2.07. The third-order valence-electron chi connectivity index (χ3n) is 1.35. The van der Waals surface area contributed by atoms with Gasteiger partial charge in [0.25, 0.3) is 0 Å². The molecular formula is C8H12Li2Mn2Ni2O8. The minimum absolute atomic E-state index is 0. The summed E-state index contributed by atoms with van der Waals surface area (Å²) in [5, 5.41) is 17.2. The zero-order valence-corrected chi connectivity index (χ0v) is 14.2. The SMILES string of the molecule is CC(=O)OC(C(=O)O)C(OC(C)=O)C(=O)O.[LiH].[LiH].[Mn].[Mn].[Ni].[Ni]. The molecule has 0 fully saturated rings. The molecule has 0 aliphatic carbocycles. The number of hydrogen-bond donors (Lipinski definition) is 2. The summed E-state index contributed by atoms with van der Waals surface area (Å²) in [7, 11) is 0. The van der Waals surface area contributed by atoms with Crippen molar-refractivity contribution in [3.63, 3.8) is 0 Å². The number of hydrogen-bond acceptors (Lipinski definition) is 6. The first-order chi connectivity index (χ1) is 7.25. The number of aliphatic carboxylic acids is 2. The molecule has 0 bridgehead atoms. The fourth-order valence-corrected chi connectivity index (χ4v) is 0.841. The van der Waals surface area contributed by atoms with Crippen LogP contribution in [-0.4, -0.2) is 84.0 Å². The molecule has 0 aromatic carbocycles. The van der Waals surface area contributed by atoms with Crippen molar-refractivity contribution in [2.75, 3.05) is 0 Å². The molecule has 2 atom stereocenters. The van der Waals surface area contributed by atoms with Crippen LogP contribution in [0, 0.1) is 0 Å². The first-order valence-corrected chi connectivity index (χ1v) is 4.05. The molecule has 0 rings (SSSR count). The molecule has 0 saturated heterocycles. The van der Waals surface area contributed by atoms with Gasteiger partial charge in [0.2, 0.25) is 12.2 Å². The summed E-state index contributed by atoms with van der Waals surface area (Å²) in [5.41, 5.74) is 0. The van der Waals surface area contributed by atoms with E-state index in [9.17, 15) is 19.2 Å². The smallest absolute Gasteiger partial charge is 0 e. The zero-order chi connectivity index (χ0) is 12.9. The molecule has 0 aromatic rings. The fraction of sp³-hybridized carbons (Fsp3) is 0.500. The molecule has 0 saturated carbocycles. The summed E-state index contributed by atoms with van der Waals surface area (Å²) >= 11 is 0. The topological polar surface area (TPSA) is 127 Å². The Balaban J connectivity index is -0.0000000750. The van der Waals surface area contributed by atoms with E-state index < -0.39 is 36.1 Å². The molecule has 128 valence electrons. The quantitative estimate of drug-likeness (QED) is 0.335. The van der Waals surface area contributed by atoms with Gasteiger partial charge in [0.15, 0.2) is 0 Å². The third-order valence-corrected chi connectivity index (χ3v) is 1.35. The number of esters is 2. The van der Waals surface area contributed by atoms with E-state index in [1.165, 1.54) is 0 Å². The van der Waals surface area contributed by atoms with Gasteiger partial charge in [-0.3, -0.25) is 9.59 Å². The fourth-order valence-electron chi connectivity index (χ4n) is 0.841. The molecule has 2 unspecified atom stereocenters. The maximum Gasteiger partial charge on any atom is 0 e. The summed E-state index contributed by atoms with van der Waals surface area (Å²) in [6.45, 7) is 1.81. The van der Waals surface area contributed by atoms with Gasteiger partial charge in [0.05, 0.1) is 0 Å². The van der Waals surface area contributed by atoms with Crippen LogP contribution in [0.1, 0.15) is 13.8 Å². The van der Waals surface area contributed by atoms with Gasteiger partial charge in [-0.15, -0.1) is 0 Å². The normalized spacial score (nSPS) is 9.73. The Bertz CT molecular complexity index is 316. The van der Waals surface area contributed by atoms with E-state index in [1.807, 2.05) is 0 Å². The molecule has 2 N–H and O–H groups in total. The first kappa shape index (κ1) is 43.5. The first-order valence-electron chi connectivity index (χ1n) is 4.05. The molecule has 0 aliphatic rings. The third kappa shape index (κ3) is 19.1. The van der Waals surface area contributed by atoms with Gasteiger partial charge in [-0.25, -0.2) is 9.59 Å². The van der Waals surface area contributed by atoms with Gasteiger partial charge in [-0.2, -0.15) is 0 Å². The minimum Gasteiger partial charge on any atom is 0 e. The molecule has 14 heteroatoms. The largest absolute Gasteiger partial charge is 0 e. The molecule has 0 amide bonds. The van der Waals surface area contributed by atoms with E-state index in [0.717, 1.165) is 13.8 Å². The Hall–Kier alpha value is 1.10. The number of carboxylic acid groups (broad SMARTS) is 2. The molecule has 22 heavy (non-hydrogen) atoms. The van der Waals surface area contributed by atoms with Crippen molar-refractivity contribution >= 4 is 61.6 Å². The Kier molecular flexibility index (Phi) is 43.7. The van der Waals surface area contributed by atoms with E-state index in [0.29, 0.717) is 0 Å². The van der Waals surface area contributed by atoms with Crippen LogP contribution in [0.25, 0.3) is 0 Å².